The highest BCUT2D eigenvalue weighted by molar-refractivity contribution is 5.47. The van der Waals surface area contributed by atoms with Gasteiger partial charge in [0.1, 0.15) is 5.82 Å². The lowest BCUT2D eigenvalue weighted by Gasteiger charge is -2.25. The van der Waals surface area contributed by atoms with Gasteiger partial charge in [-0.25, -0.2) is 4.98 Å². The minimum atomic E-state index is -0.393. The summed E-state index contributed by atoms with van der Waals surface area (Å²) in [7, 11) is 0. The third-order valence-electron chi connectivity index (χ3n) is 3.13. The van der Waals surface area contributed by atoms with Crippen LogP contribution < -0.4 is 4.90 Å². The summed E-state index contributed by atoms with van der Waals surface area (Å²) < 4.78 is 0. The predicted octanol–water partition coefficient (Wildman–Crippen LogP) is 3.46. The lowest BCUT2D eigenvalue weighted by Crippen LogP contribution is -2.26. The molecule has 0 saturated heterocycles. The van der Waals surface area contributed by atoms with Gasteiger partial charge in [-0.3, -0.25) is 0 Å². The average Bonchev–Trinajstić information content (AvgIpc) is 2.37. The Balaban J connectivity index is 2.95. The Morgan fingerprint density at radius 1 is 1.22 bits per heavy atom. The van der Waals surface area contributed by atoms with Gasteiger partial charge in [0.15, 0.2) is 0 Å². The van der Waals surface area contributed by atoms with E-state index in [1.165, 1.54) is 0 Å². The summed E-state index contributed by atoms with van der Waals surface area (Å²) in [4.78, 5) is 6.88. The van der Waals surface area contributed by atoms with Crippen LogP contribution in [0.4, 0.5) is 5.82 Å². The summed E-state index contributed by atoms with van der Waals surface area (Å²) in [6.45, 7) is 10.5. The number of aromatic nitrogens is 1. The molecule has 0 spiro atoms. The van der Waals surface area contributed by atoms with Gasteiger partial charge >= 0.3 is 0 Å². The van der Waals surface area contributed by atoms with Crippen LogP contribution in [0, 0.1) is 6.92 Å². The second-order valence-electron chi connectivity index (χ2n) is 4.82. The van der Waals surface area contributed by atoms with Crippen LogP contribution in [0.15, 0.2) is 12.3 Å². The second-order valence-corrected chi connectivity index (χ2v) is 4.82. The zero-order chi connectivity index (χ0) is 13.5. The minimum Gasteiger partial charge on any atom is -0.388 e. The fourth-order valence-corrected chi connectivity index (χ4v) is 2.20. The van der Waals surface area contributed by atoms with Crippen LogP contribution in [0.3, 0.4) is 0 Å². The van der Waals surface area contributed by atoms with Crippen molar-refractivity contribution >= 4 is 5.82 Å². The molecule has 0 aliphatic carbocycles. The maximum absolute atomic E-state index is 9.84. The summed E-state index contributed by atoms with van der Waals surface area (Å²) in [6, 6.07) is 2.06. The van der Waals surface area contributed by atoms with Gasteiger partial charge in [0.2, 0.25) is 0 Å². The van der Waals surface area contributed by atoms with Crippen LogP contribution in [-0.4, -0.2) is 23.2 Å². The molecule has 0 aliphatic heterocycles. The summed E-state index contributed by atoms with van der Waals surface area (Å²) in [6.07, 6.45) is 4.40. The van der Waals surface area contributed by atoms with Crippen LogP contribution in [0.25, 0.3) is 0 Å². The van der Waals surface area contributed by atoms with Crippen molar-refractivity contribution in [2.45, 2.75) is 53.1 Å². The quantitative estimate of drug-likeness (QED) is 0.805. The molecule has 0 amide bonds. The smallest absolute Gasteiger partial charge is 0.131 e. The molecule has 0 saturated carbocycles. The lowest BCUT2D eigenvalue weighted by molar-refractivity contribution is 0.173. The molecule has 0 unspecified atom stereocenters. The molecule has 18 heavy (non-hydrogen) atoms. The van der Waals surface area contributed by atoms with Crippen molar-refractivity contribution in [3.8, 4) is 0 Å². The molecule has 1 N–H and O–H groups in total. The first kappa shape index (κ1) is 15.0. The van der Waals surface area contributed by atoms with E-state index in [9.17, 15) is 5.11 Å². The Labute approximate surface area is 111 Å². The molecule has 0 aliphatic rings. The molecular formula is C15H26N2O. The van der Waals surface area contributed by atoms with Crippen molar-refractivity contribution in [1.29, 1.82) is 0 Å². The second kappa shape index (κ2) is 7.37. The third-order valence-corrected chi connectivity index (χ3v) is 3.13. The highest BCUT2D eigenvalue weighted by Gasteiger charge is 2.12. The molecule has 102 valence electrons. The maximum atomic E-state index is 9.84. The first-order chi connectivity index (χ1) is 8.63. The summed E-state index contributed by atoms with van der Waals surface area (Å²) in [5.74, 6) is 1.06. The van der Waals surface area contributed by atoms with Crippen LogP contribution in [-0.2, 0) is 0 Å². The minimum absolute atomic E-state index is 0.393. The Morgan fingerprint density at radius 2 is 1.83 bits per heavy atom. The molecule has 0 bridgehead atoms. The van der Waals surface area contributed by atoms with E-state index in [4.69, 9.17) is 0 Å². The molecule has 0 aromatic carbocycles. The van der Waals surface area contributed by atoms with Gasteiger partial charge in [-0.2, -0.15) is 0 Å². The first-order valence-electron chi connectivity index (χ1n) is 7.03. The molecule has 3 nitrogen and oxygen atoms in total. The summed E-state index contributed by atoms with van der Waals surface area (Å²) in [5.41, 5.74) is 2.08. The average molecular weight is 250 g/mol. The van der Waals surface area contributed by atoms with Crippen LogP contribution >= 0.6 is 0 Å². The van der Waals surface area contributed by atoms with Crippen molar-refractivity contribution < 1.29 is 5.11 Å². The van der Waals surface area contributed by atoms with Gasteiger partial charge in [0, 0.05) is 19.3 Å². The van der Waals surface area contributed by atoms with E-state index in [0.29, 0.717) is 0 Å². The molecule has 1 aromatic heterocycles. The first-order valence-corrected chi connectivity index (χ1v) is 7.03. The SMILES string of the molecule is CCCN(CCC)c1ncc([C@H](O)CC)cc1C. The highest BCUT2D eigenvalue weighted by atomic mass is 16.3. The van der Waals surface area contributed by atoms with Gasteiger partial charge < -0.3 is 10.0 Å². The third kappa shape index (κ3) is 3.70. The topological polar surface area (TPSA) is 36.4 Å². The van der Waals surface area contributed by atoms with Crippen molar-refractivity contribution in [1.82, 2.24) is 4.98 Å². The fourth-order valence-electron chi connectivity index (χ4n) is 2.20. The number of anilines is 1. The van der Waals surface area contributed by atoms with Gasteiger partial charge in [-0.05, 0) is 43.4 Å². The number of rotatable bonds is 7. The zero-order valence-electron chi connectivity index (χ0n) is 12.1. The van der Waals surface area contributed by atoms with E-state index < -0.39 is 6.10 Å². The molecule has 3 heteroatoms. The molecule has 1 heterocycles. The van der Waals surface area contributed by atoms with E-state index in [1.54, 1.807) is 0 Å². The number of aliphatic hydroxyl groups is 1. The Morgan fingerprint density at radius 3 is 2.28 bits per heavy atom. The number of nitrogens with zero attached hydrogens (tertiary/aromatic N) is 2. The molecular weight excluding hydrogens is 224 g/mol. The van der Waals surface area contributed by atoms with Crippen LogP contribution in [0.2, 0.25) is 0 Å². The number of hydrogen-bond donors (Lipinski definition) is 1. The maximum Gasteiger partial charge on any atom is 0.131 e. The van der Waals surface area contributed by atoms with E-state index in [1.807, 2.05) is 13.1 Å². The van der Waals surface area contributed by atoms with E-state index in [2.05, 4.69) is 36.7 Å². The molecule has 0 radical (unpaired) electrons. The van der Waals surface area contributed by atoms with E-state index in [0.717, 1.165) is 49.3 Å². The Kier molecular flexibility index (Phi) is 6.13. The van der Waals surface area contributed by atoms with E-state index >= 15 is 0 Å². The lowest BCUT2D eigenvalue weighted by atomic mass is 10.1. The zero-order valence-corrected chi connectivity index (χ0v) is 12.1. The summed E-state index contributed by atoms with van der Waals surface area (Å²) >= 11 is 0. The Hall–Kier alpha value is -1.09. The number of hydrogen-bond acceptors (Lipinski definition) is 3. The monoisotopic (exact) mass is 250 g/mol. The normalized spacial score (nSPS) is 12.5. The fraction of sp³-hybridized carbons (Fsp3) is 0.667. The number of pyridine rings is 1. The van der Waals surface area contributed by atoms with Crippen LogP contribution in [0.5, 0.6) is 0 Å². The van der Waals surface area contributed by atoms with Gasteiger partial charge in [0.05, 0.1) is 6.10 Å². The van der Waals surface area contributed by atoms with Crippen molar-refractivity contribution in [3.63, 3.8) is 0 Å². The highest BCUT2D eigenvalue weighted by Crippen LogP contribution is 2.23. The standard InChI is InChI=1S/C15H26N2O/c1-5-8-17(9-6-2)15-12(4)10-13(11-16-15)14(18)7-3/h10-11,14,18H,5-9H2,1-4H3/t14-/m1/s1. The van der Waals surface area contributed by atoms with Crippen molar-refractivity contribution in [2.75, 3.05) is 18.0 Å². The van der Waals surface area contributed by atoms with Gasteiger partial charge in [0.25, 0.3) is 0 Å². The van der Waals surface area contributed by atoms with E-state index in [-0.39, 0.29) is 0 Å². The summed E-state index contributed by atoms with van der Waals surface area (Å²) in [5, 5.41) is 9.84. The molecule has 1 aromatic rings. The van der Waals surface area contributed by atoms with Crippen molar-refractivity contribution in [3.05, 3.63) is 23.4 Å². The van der Waals surface area contributed by atoms with Crippen LogP contribution in [0.1, 0.15) is 57.3 Å². The molecule has 0 fully saturated rings. The largest absolute Gasteiger partial charge is 0.388 e. The van der Waals surface area contributed by atoms with Crippen molar-refractivity contribution in [2.24, 2.45) is 0 Å². The number of aryl methyl sites for hydroxylation is 1. The predicted molar refractivity (Wildman–Crippen MR) is 77.0 cm³/mol. The van der Waals surface area contributed by atoms with Gasteiger partial charge in [-0.1, -0.05) is 20.8 Å². The van der Waals surface area contributed by atoms with Gasteiger partial charge in [-0.15, -0.1) is 0 Å². The molecule has 1 rings (SSSR count). The number of aliphatic hydroxyl groups excluding tert-OH is 1. The Bertz CT molecular complexity index is 360. The molecule has 1 atom stereocenters.